The number of anilines is 2. The van der Waals surface area contributed by atoms with Crippen LogP contribution in [0, 0.1) is 0 Å². The molecule has 1 N–H and O–H groups in total. The predicted molar refractivity (Wildman–Crippen MR) is 92.2 cm³/mol. The average Bonchev–Trinajstić information content (AvgIpc) is 2.85. The van der Waals surface area contributed by atoms with Gasteiger partial charge in [-0.3, -0.25) is 0 Å². The second-order valence-corrected chi connectivity index (χ2v) is 7.05. The van der Waals surface area contributed by atoms with E-state index in [4.69, 9.17) is 11.6 Å². The maximum absolute atomic E-state index is 6.06. The lowest BCUT2D eigenvalue weighted by Crippen LogP contribution is -2.25. The minimum atomic E-state index is 0.712. The van der Waals surface area contributed by atoms with Crippen LogP contribution in [0.25, 0.3) is 10.2 Å². The Balaban J connectivity index is 1.81. The number of thiophene rings is 1. The fourth-order valence-corrected chi connectivity index (χ4v) is 4.31. The molecule has 0 aliphatic carbocycles. The Morgan fingerprint density at radius 2 is 2.23 bits per heavy atom. The quantitative estimate of drug-likeness (QED) is 0.768. The van der Waals surface area contributed by atoms with Crippen molar-refractivity contribution in [3.05, 3.63) is 46.1 Å². The summed E-state index contributed by atoms with van der Waals surface area (Å²) in [4.78, 5) is 13.7. The van der Waals surface area contributed by atoms with E-state index in [1.807, 2.05) is 24.3 Å². The number of benzene rings is 1. The smallest absolute Gasteiger partial charge is 0.142 e. The van der Waals surface area contributed by atoms with Crippen molar-refractivity contribution in [2.24, 2.45) is 0 Å². The zero-order valence-electron chi connectivity index (χ0n) is 12.1. The van der Waals surface area contributed by atoms with Gasteiger partial charge < -0.3 is 10.2 Å². The minimum absolute atomic E-state index is 0.712. The van der Waals surface area contributed by atoms with Crippen LogP contribution in [0.5, 0.6) is 0 Å². The molecule has 0 fully saturated rings. The van der Waals surface area contributed by atoms with Gasteiger partial charge in [0.05, 0.1) is 5.39 Å². The molecule has 0 amide bonds. The first-order chi connectivity index (χ1) is 10.7. The number of likely N-dealkylation sites (N-methyl/N-ethyl adjacent to an activating group) is 1. The van der Waals surface area contributed by atoms with Crippen LogP contribution in [0.2, 0.25) is 5.02 Å². The molecule has 1 aliphatic rings. The van der Waals surface area contributed by atoms with E-state index in [-0.39, 0.29) is 0 Å². The Kier molecular flexibility index (Phi) is 3.48. The first-order valence-corrected chi connectivity index (χ1v) is 8.36. The van der Waals surface area contributed by atoms with Gasteiger partial charge >= 0.3 is 0 Å². The third-order valence-corrected chi connectivity index (χ3v) is 5.28. The monoisotopic (exact) mass is 330 g/mol. The van der Waals surface area contributed by atoms with Crippen LogP contribution in [0.15, 0.2) is 30.6 Å². The fraction of sp³-hybridized carbons (Fsp3) is 0.250. The normalized spacial score (nSPS) is 15.0. The molecule has 3 aromatic rings. The summed E-state index contributed by atoms with van der Waals surface area (Å²) in [6.45, 7) is 2.07. The Morgan fingerprint density at radius 1 is 1.32 bits per heavy atom. The number of nitrogens with one attached hydrogen (secondary N) is 1. The molecule has 0 saturated carbocycles. The first-order valence-electron chi connectivity index (χ1n) is 7.17. The van der Waals surface area contributed by atoms with Crippen LogP contribution in [-0.2, 0) is 13.0 Å². The third-order valence-electron chi connectivity index (χ3n) is 3.92. The summed E-state index contributed by atoms with van der Waals surface area (Å²) >= 11 is 7.84. The molecule has 2 aromatic heterocycles. The summed E-state index contributed by atoms with van der Waals surface area (Å²) < 4.78 is 0. The molecule has 0 radical (unpaired) electrons. The van der Waals surface area contributed by atoms with E-state index in [0.29, 0.717) is 5.02 Å². The fourth-order valence-electron chi connectivity index (χ4n) is 2.85. The highest BCUT2D eigenvalue weighted by Gasteiger charge is 2.22. The predicted octanol–water partition coefficient (Wildman–Crippen LogP) is 4.08. The van der Waals surface area contributed by atoms with E-state index in [9.17, 15) is 0 Å². The van der Waals surface area contributed by atoms with Crippen LogP contribution in [-0.4, -0.2) is 28.5 Å². The number of hydrogen-bond acceptors (Lipinski definition) is 5. The highest BCUT2D eigenvalue weighted by atomic mass is 35.5. The van der Waals surface area contributed by atoms with Gasteiger partial charge in [0.2, 0.25) is 0 Å². The van der Waals surface area contributed by atoms with Crippen molar-refractivity contribution in [3.63, 3.8) is 0 Å². The van der Waals surface area contributed by atoms with Gasteiger partial charge in [-0.1, -0.05) is 17.7 Å². The SMILES string of the molecule is CN1CCc2c(sc3ncnc(Nc4cccc(Cl)c4)c23)C1. The summed E-state index contributed by atoms with van der Waals surface area (Å²) in [6.07, 6.45) is 2.67. The number of rotatable bonds is 2. The first kappa shape index (κ1) is 13.9. The molecule has 3 heterocycles. The van der Waals surface area contributed by atoms with Gasteiger partial charge in [-0.15, -0.1) is 11.3 Å². The number of fused-ring (bicyclic) bond motifs is 3. The number of halogens is 1. The number of hydrogen-bond donors (Lipinski definition) is 1. The van der Waals surface area contributed by atoms with Crippen LogP contribution >= 0.6 is 22.9 Å². The summed E-state index contributed by atoms with van der Waals surface area (Å²) in [5.41, 5.74) is 2.34. The largest absolute Gasteiger partial charge is 0.340 e. The summed E-state index contributed by atoms with van der Waals surface area (Å²) in [5.74, 6) is 0.870. The van der Waals surface area contributed by atoms with Gasteiger partial charge in [-0.05, 0) is 37.2 Å². The number of nitrogens with zero attached hydrogens (tertiary/aromatic N) is 3. The Labute approximate surface area is 137 Å². The minimum Gasteiger partial charge on any atom is -0.340 e. The van der Waals surface area contributed by atoms with Gasteiger partial charge in [-0.25, -0.2) is 9.97 Å². The van der Waals surface area contributed by atoms with Crippen LogP contribution < -0.4 is 5.32 Å². The topological polar surface area (TPSA) is 41.1 Å². The van der Waals surface area contributed by atoms with Crippen molar-refractivity contribution < 1.29 is 0 Å². The van der Waals surface area contributed by atoms with Crippen LogP contribution in [0.4, 0.5) is 11.5 Å². The molecule has 0 spiro atoms. The summed E-state index contributed by atoms with van der Waals surface area (Å²) in [5, 5.41) is 5.27. The lowest BCUT2D eigenvalue weighted by atomic mass is 10.1. The van der Waals surface area contributed by atoms with Crippen molar-refractivity contribution in [1.82, 2.24) is 14.9 Å². The second-order valence-electron chi connectivity index (χ2n) is 5.53. The molecule has 0 atom stereocenters. The summed E-state index contributed by atoms with van der Waals surface area (Å²) in [7, 11) is 2.16. The molecule has 22 heavy (non-hydrogen) atoms. The van der Waals surface area contributed by atoms with E-state index in [1.165, 1.54) is 10.4 Å². The molecule has 0 saturated heterocycles. The third kappa shape index (κ3) is 2.45. The van der Waals surface area contributed by atoms with Gasteiger partial charge in [0.25, 0.3) is 0 Å². The van der Waals surface area contributed by atoms with Crippen molar-refractivity contribution in [3.8, 4) is 0 Å². The molecule has 4 rings (SSSR count). The van der Waals surface area contributed by atoms with Crippen LogP contribution in [0.3, 0.4) is 0 Å². The van der Waals surface area contributed by atoms with Gasteiger partial charge in [0.1, 0.15) is 17.0 Å². The van der Waals surface area contributed by atoms with Gasteiger partial charge in [0.15, 0.2) is 0 Å². The molecule has 4 nitrogen and oxygen atoms in total. The number of aromatic nitrogens is 2. The summed E-state index contributed by atoms with van der Waals surface area (Å²) in [6, 6.07) is 7.69. The lowest BCUT2D eigenvalue weighted by Gasteiger charge is -2.22. The zero-order chi connectivity index (χ0) is 15.1. The molecule has 0 bridgehead atoms. The molecule has 1 aliphatic heterocycles. The van der Waals surface area contributed by atoms with E-state index in [1.54, 1.807) is 17.7 Å². The van der Waals surface area contributed by atoms with Crippen molar-refractivity contribution in [2.75, 3.05) is 18.9 Å². The Morgan fingerprint density at radius 3 is 3.09 bits per heavy atom. The Hall–Kier alpha value is -1.69. The molecule has 1 aromatic carbocycles. The van der Waals surface area contributed by atoms with E-state index >= 15 is 0 Å². The highest BCUT2D eigenvalue weighted by Crippen LogP contribution is 2.37. The average molecular weight is 331 g/mol. The van der Waals surface area contributed by atoms with Gasteiger partial charge in [0, 0.05) is 28.7 Å². The molecular weight excluding hydrogens is 316 g/mol. The van der Waals surface area contributed by atoms with E-state index < -0.39 is 0 Å². The van der Waals surface area contributed by atoms with Crippen molar-refractivity contribution in [1.29, 1.82) is 0 Å². The lowest BCUT2D eigenvalue weighted by molar-refractivity contribution is 0.318. The van der Waals surface area contributed by atoms with Gasteiger partial charge in [-0.2, -0.15) is 0 Å². The van der Waals surface area contributed by atoms with E-state index in [2.05, 4.69) is 27.2 Å². The highest BCUT2D eigenvalue weighted by molar-refractivity contribution is 7.19. The standard InChI is InChI=1S/C16H15ClN4S/c1-21-6-5-12-13(8-21)22-16-14(12)15(18-9-19-16)20-11-4-2-3-10(17)7-11/h2-4,7,9H,5-6,8H2,1H3,(H,18,19,20). The molecule has 112 valence electrons. The van der Waals surface area contributed by atoms with Crippen LogP contribution in [0.1, 0.15) is 10.4 Å². The second kappa shape index (κ2) is 5.50. The Bertz CT molecular complexity index is 845. The zero-order valence-corrected chi connectivity index (χ0v) is 13.7. The maximum Gasteiger partial charge on any atom is 0.142 e. The molecule has 0 unspecified atom stereocenters. The molecule has 6 heteroatoms. The van der Waals surface area contributed by atoms with Crippen molar-refractivity contribution >= 4 is 44.7 Å². The van der Waals surface area contributed by atoms with Crippen molar-refractivity contribution in [2.45, 2.75) is 13.0 Å². The maximum atomic E-state index is 6.06. The van der Waals surface area contributed by atoms with E-state index in [0.717, 1.165) is 41.2 Å². The molecular formula is C16H15ClN4S.